The van der Waals surface area contributed by atoms with Gasteiger partial charge in [0.25, 0.3) is 11.8 Å². The molecule has 4 amide bonds. The molecule has 4 aromatic carbocycles. The highest BCUT2D eigenvalue weighted by atomic mass is 79.9. The number of allylic oxidation sites excluding steroid dienone is 2. The summed E-state index contributed by atoms with van der Waals surface area (Å²) in [5.41, 5.74) is 3.76. The predicted molar refractivity (Wildman–Crippen MR) is 215 cm³/mol. The van der Waals surface area contributed by atoms with Crippen LogP contribution in [0.25, 0.3) is 0 Å². The first-order chi connectivity index (χ1) is 26.3. The van der Waals surface area contributed by atoms with Crippen LogP contribution in [-0.4, -0.2) is 48.0 Å². The lowest BCUT2D eigenvalue weighted by molar-refractivity contribution is -0.138. The third-order valence-electron chi connectivity index (χ3n) is 11.4. The Hall–Kier alpha value is -4.07. The van der Waals surface area contributed by atoms with E-state index in [1.165, 1.54) is 25.2 Å². The summed E-state index contributed by atoms with van der Waals surface area (Å²) < 4.78 is 11.8. The van der Waals surface area contributed by atoms with Crippen LogP contribution in [-0.2, 0) is 24.6 Å². The summed E-state index contributed by atoms with van der Waals surface area (Å²) in [5, 5.41) is 13.1. The second-order valence-corrected chi connectivity index (χ2v) is 16.7. The zero-order valence-corrected chi connectivity index (χ0v) is 34.4. The van der Waals surface area contributed by atoms with Gasteiger partial charge < -0.3 is 14.6 Å². The number of hydrogen-bond acceptors (Lipinski definition) is 8. The Morgan fingerprint density at radius 1 is 0.818 bits per heavy atom. The Morgan fingerprint density at radius 2 is 1.51 bits per heavy atom. The van der Waals surface area contributed by atoms with Gasteiger partial charge in [0.1, 0.15) is 5.75 Å². The topological polar surface area (TPSA) is 125 Å². The smallest absolute Gasteiger partial charge is 0.260 e. The number of carbonyl (C=O) groups excluding carboxylic acids is 4. The zero-order valence-electron chi connectivity index (χ0n) is 29.0. The molecule has 8 rings (SSSR count). The van der Waals surface area contributed by atoms with Gasteiger partial charge in [-0.1, -0.05) is 58.6 Å². The van der Waals surface area contributed by atoms with Gasteiger partial charge in [0.15, 0.2) is 11.5 Å². The molecule has 2 saturated heterocycles. The Labute approximate surface area is 347 Å². The molecule has 1 saturated carbocycles. The molecule has 0 unspecified atom stereocenters. The second kappa shape index (κ2) is 14.1. The number of benzene rings is 4. The highest BCUT2D eigenvalue weighted by Crippen LogP contribution is 2.66. The number of nitrogens with zero attached hydrogens (tertiary/aromatic N) is 2. The van der Waals surface area contributed by atoms with Crippen LogP contribution in [0.5, 0.6) is 17.2 Å². The largest absolute Gasteiger partial charge is 0.503 e. The molecule has 3 fully saturated rings. The van der Waals surface area contributed by atoms with Gasteiger partial charge >= 0.3 is 0 Å². The molecule has 2 aliphatic heterocycles. The summed E-state index contributed by atoms with van der Waals surface area (Å²) >= 11 is 26.1. The molecular weight excluding hydrogens is 901 g/mol. The highest BCUT2D eigenvalue weighted by molar-refractivity contribution is 9.13. The van der Waals surface area contributed by atoms with Crippen LogP contribution < -0.4 is 19.8 Å². The number of ether oxygens (including phenoxy) is 2. The first-order valence-electron chi connectivity index (χ1n) is 17.2. The van der Waals surface area contributed by atoms with Gasteiger partial charge in [0, 0.05) is 20.4 Å². The number of carbonyl (C=O) groups is 4. The van der Waals surface area contributed by atoms with E-state index in [0.29, 0.717) is 42.7 Å². The lowest BCUT2D eigenvalue weighted by atomic mass is 9.49. The maximum Gasteiger partial charge on any atom is 0.260 e. The normalized spacial score (nSPS) is 25.7. The Morgan fingerprint density at radius 3 is 2.16 bits per heavy atom. The number of halogens is 5. The van der Waals surface area contributed by atoms with E-state index in [1.54, 1.807) is 66.7 Å². The fourth-order valence-corrected chi connectivity index (χ4v) is 10.5. The number of rotatable bonds is 7. The van der Waals surface area contributed by atoms with Crippen LogP contribution >= 0.6 is 66.7 Å². The van der Waals surface area contributed by atoms with E-state index < -0.39 is 52.7 Å². The summed E-state index contributed by atoms with van der Waals surface area (Å²) in [6.07, 6.45) is 2.22. The number of methoxy groups -OCH3 is 2. The van der Waals surface area contributed by atoms with Gasteiger partial charge in [-0.3, -0.25) is 29.5 Å². The molecule has 2 N–H and O–H groups in total. The molecule has 0 bridgehead atoms. The number of anilines is 2. The minimum Gasteiger partial charge on any atom is -0.503 e. The number of aromatic hydroxyl groups is 1. The number of amides is 4. The lowest BCUT2D eigenvalue weighted by Gasteiger charge is -2.51. The molecule has 2 aliphatic carbocycles. The number of phenolic OH excluding ortho intramolecular Hbond substituents is 1. The van der Waals surface area contributed by atoms with E-state index >= 15 is 9.59 Å². The molecule has 55 heavy (non-hydrogen) atoms. The van der Waals surface area contributed by atoms with Crippen molar-refractivity contribution in [3.05, 3.63) is 120 Å². The van der Waals surface area contributed by atoms with Crippen molar-refractivity contribution in [2.24, 2.45) is 23.7 Å². The summed E-state index contributed by atoms with van der Waals surface area (Å²) in [6.45, 7) is 0. The molecular formula is C40H30Br2Cl3N3O7. The average molecular weight is 931 g/mol. The number of hydrazine groups is 1. The van der Waals surface area contributed by atoms with Gasteiger partial charge in [-0.25, -0.2) is 0 Å². The molecule has 0 spiro atoms. The fraction of sp³-hybridized carbons (Fsp3) is 0.250. The average Bonchev–Trinajstić information content (AvgIpc) is 3.56. The van der Waals surface area contributed by atoms with Crippen molar-refractivity contribution >= 4 is 102 Å². The molecule has 4 aliphatic rings. The molecule has 6 atom stereocenters. The number of phenols is 1. The number of imide groups is 2. The number of hydrogen-bond donors (Lipinski definition) is 2. The standard InChI is InChI=1S/C40H30Br2Cl3N3O7/c1-54-22-10-3-18(4-11-22)40-27(37(51)48(39(40)53)46-29-14-7-20(44)15-28(29)45)16-25-23(32(40)26-17-30(55-2)35(49)34(42)33(26)41)12-13-24-31(25)38(52)47(36(24)50)21-8-5-19(43)6-9-21/h3-12,14-15,17,24-25,27,31-32,46,49H,13,16H2,1-2H3/t24-,25+,27-,31-,32+,40+/m0/s1. The lowest BCUT2D eigenvalue weighted by Crippen LogP contribution is -2.53. The van der Waals surface area contributed by atoms with Gasteiger partial charge in [0.05, 0.1) is 58.3 Å². The molecule has 4 aromatic rings. The van der Waals surface area contributed by atoms with Crippen molar-refractivity contribution in [2.45, 2.75) is 24.2 Å². The highest BCUT2D eigenvalue weighted by Gasteiger charge is 2.70. The van der Waals surface area contributed by atoms with Gasteiger partial charge in [0.2, 0.25) is 11.8 Å². The Bertz CT molecular complexity index is 2340. The monoisotopic (exact) mass is 927 g/mol. The second-order valence-electron chi connectivity index (χ2n) is 13.8. The van der Waals surface area contributed by atoms with Crippen LogP contribution in [0.1, 0.15) is 29.9 Å². The van der Waals surface area contributed by atoms with E-state index in [0.717, 1.165) is 5.01 Å². The molecule has 2 heterocycles. The van der Waals surface area contributed by atoms with Crippen LogP contribution in [0.2, 0.25) is 15.1 Å². The Kier molecular flexibility index (Phi) is 9.73. The fourth-order valence-electron chi connectivity index (χ4n) is 9.01. The van der Waals surface area contributed by atoms with Crippen molar-refractivity contribution in [2.75, 3.05) is 24.5 Å². The van der Waals surface area contributed by atoms with E-state index in [9.17, 15) is 14.7 Å². The van der Waals surface area contributed by atoms with Gasteiger partial charge in [-0.2, -0.15) is 5.01 Å². The van der Waals surface area contributed by atoms with Gasteiger partial charge in [-0.05, 0) is 122 Å². The maximum absolute atomic E-state index is 15.6. The van der Waals surface area contributed by atoms with E-state index in [1.807, 2.05) is 6.08 Å². The van der Waals surface area contributed by atoms with Crippen molar-refractivity contribution in [1.82, 2.24) is 5.01 Å². The summed E-state index contributed by atoms with van der Waals surface area (Å²) in [7, 11) is 2.94. The number of fused-ring (bicyclic) bond motifs is 4. The van der Waals surface area contributed by atoms with Crippen LogP contribution in [0.3, 0.4) is 0 Å². The minimum atomic E-state index is -1.63. The zero-order chi connectivity index (χ0) is 39.1. The quantitative estimate of drug-likeness (QED) is 0.139. The van der Waals surface area contributed by atoms with Crippen molar-refractivity contribution in [3.8, 4) is 17.2 Å². The first-order valence-corrected chi connectivity index (χ1v) is 19.9. The number of nitrogens with one attached hydrogen (secondary N) is 1. The summed E-state index contributed by atoms with van der Waals surface area (Å²) in [5.74, 6) is -5.56. The summed E-state index contributed by atoms with van der Waals surface area (Å²) in [6, 6.07) is 19.8. The van der Waals surface area contributed by atoms with E-state index in [4.69, 9.17) is 44.3 Å². The third kappa shape index (κ3) is 5.69. The summed E-state index contributed by atoms with van der Waals surface area (Å²) in [4.78, 5) is 60.5. The molecule has 282 valence electrons. The molecule has 0 aromatic heterocycles. The third-order valence-corrected chi connectivity index (χ3v) is 14.3. The first kappa shape index (κ1) is 37.8. The molecule has 15 heteroatoms. The van der Waals surface area contributed by atoms with Crippen LogP contribution in [0.4, 0.5) is 11.4 Å². The minimum absolute atomic E-state index is 0.0636. The van der Waals surface area contributed by atoms with Crippen LogP contribution in [0, 0.1) is 23.7 Å². The molecule has 10 nitrogen and oxygen atoms in total. The van der Waals surface area contributed by atoms with Crippen molar-refractivity contribution in [3.63, 3.8) is 0 Å². The maximum atomic E-state index is 15.6. The predicted octanol–water partition coefficient (Wildman–Crippen LogP) is 9.08. The molecule has 0 radical (unpaired) electrons. The van der Waals surface area contributed by atoms with Crippen molar-refractivity contribution < 1.29 is 33.8 Å². The SMILES string of the molecule is COc1ccc([C@@]23C(=O)N(Nc4ccc(Cl)cc4Cl)C(=O)[C@@H]2C[C@@H]2C(=CC[C@@H]4C(=O)N(c5ccc(Cl)cc5)C(=O)[C@@H]42)[C@@H]3c2cc(OC)c(O)c(Br)c2Br)cc1. The van der Waals surface area contributed by atoms with E-state index in [2.05, 4.69) is 37.3 Å². The Balaban J connectivity index is 1.37. The van der Waals surface area contributed by atoms with Crippen LogP contribution in [0.15, 0.2) is 93.4 Å². The van der Waals surface area contributed by atoms with Crippen molar-refractivity contribution in [1.29, 1.82) is 0 Å². The van der Waals surface area contributed by atoms with E-state index in [-0.39, 0.29) is 45.4 Å². The van der Waals surface area contributed by atoms with Gasteiger partial charge in [-0.15, -0.1) is 0 Å².